The molecule has 114 valence electrons. The number of hydrogen-bond donors (Lipinski definition) is 2. The zero-order valence-electron chi connectivity index (χ0n) is 12.4. The van der Waals surface area contributed by atoms with E-state index in [1.165, 1.54) is 5.56 Å². The lowest BCUT2D eigenvalue weighted by atomic mass is 10.1. The largest absolute Gasteiger partial charge is 0.384 e. The molecule has 1 aliphatic rings. The fourth-order valence-corrected chi connectivity index (χ4v) is 2.02. The Bertz CT molecular complexity index is 537. The van der Waals surface area contributed by atoms with Crippen LogP contribution in [0.2, 0.25) is 0 Å². The lowest BCUT2D eigenvalue weighted by Crippen LogP contribution is -2.25. The second-order valence-corrected chi connectivity index (χ2v) is 5.20. The average Bonchev–Trinajstić information content (AvgIpc) is 2.97. The molecule has 1 saturated heterocycles. The first-order valence-electron chi connectivity index (χ1n) is 6.96. The number of carbonyl (C=O) groups is 1. The predicted molar refractivity (Wildman–Crippen MR) is 81.0 cm³/mol. The highest BCUT2D eigenvalue weighted by molar-refractivity contribution is 5.92. The summed E-state index contributed by atoms with van der Waals surface area (Å²) in [7, 11) is 0. The zero-order valence-corrected chi connectivity index (χ0v) is 12.4. The summed E-state index contributed by atoms with van der Waals surface area (Å²) in [4.78, 5) is 16.7. The van der Waals surface area contributed by atoms with E-state index in [0.29, 0.717) is 19.0 Å². The first-order chi connectivity index (χ1) is 10.1. The lowest BCUT2D eigenvalue weighted by Gasteiger charge is -2.08. The maximum atomic E-state index is 11.7. The molecule has 1 aliphatic heterocycles. The van der Waals surface area contributed by atoms with E-state index in [4.69, 9.17) is 15.3 Å². The Morgan fingerprint density at radius 2 is 2.29 bits per heavy atom. The maximum absolute atomic E-state index is 11.7. The maximum Gasteiger partial charge on any atom is 0.265 e. The molecule has 0 bridgehead atoms. The molecular formula is C15H21N3O3. The Labute approximate surface area is 124 Å². The Morgan fingerprint density at radius 3 is 2.95 bits per heavy atom. The molecule has 0 aliphatic carbocycles. The summed E-state index contributed by atoms with van der Waals surface area (Å²) in [5.74, 6) is 0.205. The molecule has 0 aromatic heterocycles. The van der Waals surface area contributed by atoms with Gasteiger partial charge in [0.2, 0.25) is 0 Å². The number of nitrogens with two attached hydrogens (primary N) is 1. The van der Waals surface area contributed by atoms with Crippen molar-refractivity contribution in [1.82, 2.24) is 0 Å². The Balaban J connectivity index is 1.79. The third-order valence-electron chi connectivity index (χ3n) is 3.50. The van der Waals surface area contributed by atoms with Crippen LogP contribution in [0.3, 0.4) is 0 Å². The summed E-state index contributed by atoms with van der Waals surface area (Å²) in [5.41, 5.74) is 8.81. The molecule has 1 heterocycles. The Hall–Kier alpha value is -2.08. The van der Waals surface area contributed by atoms with Crippen LogP contribution in [0, 0.1) is 19.8 Å². The highest BCUT2D eigenvalue weighted by Crippen LogP contribution is 2.14. The highest BCUT2D eigenvalue weighted by atomic mass is 16.6. The van der Waals surface area contributed by atoms with E-state index < -0.39 is 0 Å². The number of amidine groups is 1. The first kappa shape index (κ1) is 15.3. The van der Waals surface area contributed by atoms with Gasteiger partial charge in [0, 0.05) is 18.2 Å². The topological polar surface area (TPSA) is 85.9 Å². The number of amides is 1. The van der Waals surface area contributed by atoms with Gasteiger partial charge in [0.1, 0.15) is 5.84 Å². The number of anilines is 1. The summed E-state index contributed by atoms with van der Waals surface area (Å²) < 4.78 is 5.21. The summed E-state index contributed by atoms with van der Waals surface area (Å²) in [6.07, 6.45) is 0.841. The Morgan fingerprint density at radius 1 is 1.48 bits per heavy atom. The van der Waals surface area contributed by atoms with Crippen molar-refractivity contribution >= 4 is 17.4 Å². The number of nitrogens with zero attached hydrogens (tertiary/aromatic N) is 1. The molecule has 2 rings (SSSR count). The molecule has 0 saturated carbocycles. The minimum absolute atomic E-state index is 0.0906. The predicted octanol–water partition coefficient (Wildman–Crippen LogP) is 1.57. The number of benzene rings is 1. The van der Waals surface area contributed by atoms with Crippen LogP contribution in [0.4, 0.5) is 5.69 Å². The lowest BCUT2D eigenvalue weighted by molar-refractivity contribution is -0.120. The van der Waals surface area contributed by atoms with Crippen molar-refractivity contribution in [2.75, 3.05) is 25.1 Å². The van der Waals surface area contributed by atoms with Crippen LogP contribution in [-0.2, 0) is 14.4 Å². The number of aryl methyl sites for hydroxylation is 2. The van der Waals surface area contributed by atoms with Gasteiger partial charge in [0.15, 0.2) is 6.61 Å². The fourth-order valence-electron chi connectivity index (χ4n) is 2.02. The van der Waals surface area contributed by atoms with Gasteiger partial charge in [-0.25, -0.2) is 0 Å². The molecule has 1 aromatic rings. The fraction of sp³-hybridized carbons (Fsp3) is 0.467. The van der Waals surface area contributed by atoms with E-state index in [1.54, 1.807) is 0 Å². The van der Waals surface area contributed by atoms with Crippen LogP contribution in [-0.4, -0.2) is 31.6 Å². The van der Waals surface area contributed by atoms with Gasteiger partial charge in [0.25, 0.3) is 5.91 Å². The molecule has 0 unspecified atom stereocenters. The zero-order chi connectivity index (χ0) is 15.2. The van der Waals surface area contributed by atoms with Crippen LogP contribution < -0.4 is 11.1 Å². The number of carbonyl (C=O) groups excluding carboxylic acids is 1. The van der Waals surface area contributed by atoms with Gasteiger partial charge in [0.05, 0.1) is 6.61 Å². The number of hydrogen-bond acceptors (Lipinski definition) is 4. The molecule has 1 fully saturated rings. The number of rotatable bonds is 5. The van der Waals surface area contributed by atoms with Crippen molar-refractivity contribution in [2.24, 2.45) is 16.8 Å². The van der Waals surface area contributed by atoms with Crippen molar-refractivity contribution in [3.63, 3.8) is 0 Å². The molecule has 0 radical (unpaired) electrons. The monoisotopic (exact) mass is 291 g/mol. The molecule has 1 aromatic carbocycles. The van der Waals surface area contributed by atoms with E-state index in [1.807, 2.05) is 32.0 Å². The van der Waals surface area contributed by atoms with Crippen molar-refractivity contribution < 1.29 is 14.4 Å². The van der Waals surface area contributed by atoms with Crippen molar-refractivity contribution in [3.8, 4) is 0 Å². The molecule has 21 heavy (non-hydrogen) atoms. The van der Waals surface area contributed by atoms with E-state index in [2.05, 4.69) is 10.5 Å². The van der Waals surface area contributed by atoms with E-state index in [0.717, 1.165) is 17.7 Å². The highest BCUT2D eigenvalue weighted by Gasteiger charge is 2.19. The first-order valence-corrected chi connectivity index (χ1v) is 6.96. The summed E-state index contributed by atoms with van der Waals surface area (Å²) in [6, 6.07) is 5.73. The average molecular weight is 291 g/mol. The summed E-state index contributed by atoms with van der Waals surface area (Å²) in [5, 5.41) is 6.53. The van der Waals surface area contributed by atoms with E-state index in [9.17, 15) is 4.79 Å². The van der Waals surface area contributed by atoms with Crippen LogP contribution in [0.25, 0.3) is 0 Å². The van der Waals surface area contributed by atoms with Crippen LogP contribution >= 0.6 is 0 Å². The quantitative estimate of drug-likeness (QED) is 0.490. The van der Waals surface area contributed by atoms with Gasteiger partial charge < -0.3 is 20.6 Å². The molecule has 6 heteroatoms. The molecule has 1 atom stereocenters. The number of oxime groups is 1. The van der Waals surface area contributed by atoms with E-state index >= 15 is 0 Å². The van der Waals surface area contributed by atoms with Crippen molar-refractivity contribution in [3.05, 3.63) is 29.3 Å². The van der Waals surface area contributed by atoms with Gasteiger partial charge in [-0.3, -0.25) is 4.79 Å². The number of nitrogens with one attached hydrogen (secondary N) is 1. The molecule has 6 nitrogen and oxygen atoms in total. The van der Waals surface area contributed by atoms with E-state index in [-0.39, 0.29) is 18.4 Å². The molecule has 1 amide bonds. The smallest absolute Gasteiger partial charge is 0.265 e. The minimum Gasteiger partial charge on any atom is -0.384 e. The Kier molecular flexibility index (Phi) is 5.16. The van der Waals surface area contributed by atoms with Crippen molar-refractivity contribution in [2.45, 2.75) is 20.3 Å². The van der Waals surface area contributed by atoms with Gasteiger partial charge in [-0.1, -0.05) is 11.2 Å². The SMILES string of the molecule is Cc1ccc(NC(=O)CO/N=C(\N)[C@@H]2CCOC2)cc1C. The van der Waals surface area contributed by atoms with Crippen molar-refractivity contribution in [1.29, 1.82) is 0 Å². The van der Waals surface area contributed by atoms with Gasteiger partial charge >= 0.3 is 0 Å². The standard InChI is InChI=1S/C15H21N3O3/c1-10-3-4-13(7-11(10)2)17-14(19)9-21-18-15(16)12-5-6-20-8-12/h3-4,7,12H,5-6,8-9H2,1-2H3,(H2,16,18)(H,17,19)/t12-/m1/s1. The van der Waals surface area contributed by atoms with Gasteiger partial charge in [-0.15, -0.1) is 0 Å². The molecule has 0 spiro atoms. The van der Waals surface area contributed by atoms with Crippen LogP contribution in [0.15, 0.2) is 23.4 Å². The summed E-state index contributed by atoms with van der Waals surface area (Å²) in [6.45, 7) is 5.10. The van der Waals surface area contributed by atoms with Gasteiger partial charge in [-0.2, -0.15) is 0 Å². The normalized spacial score (nSPS) is 18.6. The summed E-state index contributed by atoms with van der Waals surface area (Å²) >= 11 is 0. The minimum atomic E-state index is -0.266. The third-order valence-corrected chi connectivity index (χ3v) is 3.50. The molecule has 3 N–H and O–H groups in total. The van der Waals surface area contributed by atoms with Crippen LogP contribution in [0.1, 0.15) is 17.5 Å². The van der Waals surface area contributed by atoms with Crippen LogP contribution in [0.5, 0.6) is 0 Å². The molecular weight excluding hydrogens is 270 g/mol. The number of ether oxygens (including phenoxy) is 1. The second-order valence-electron chi connectivity index (χ2n) is 5.20. The van der Waals surface area contributed by atoms with Gasteiger partial charge in [-0.05, 0) is 43.5 Å². The second kappa shape index (κ2) is 7.08. The third kappa shape index (κ3) is 4.46.